The van der Waals surface area contributed by atoms with E-state index in [4.69, 9.17) is 16.7 Å². The van der Waals surface area contributed by atoms with Crippen LogP contribution in [-0.2, 0) is 0 Å². The number of nitrogens with zero attached hydrogens (tertiary/aromatic N) is 2. The summed E-state index contributed by atoms with van der Waals surface area (Å²) in [6, 6.07) is 1.86. The topological polar surface area (TPSA) is 58.0 Å². The predicted molar refractivity (Wildman–Crippen MR) is 61.2 cm³/mol. The number of halogens is 1. The summed E-state index contributed by atoms with van der Waals surface area (Å²) in [4.78, 5) is 8.02. The van der Waals surface area contributed by atoms with Gasteiger partial charge in [-0.25, -0.2) is 9.97 Å². The third-order valence-corrected chi connectivity index (χ3v) is 2.14. The van der Waals surface area contributed by atoms with Crippen molar-refractivity contribution in [2.75, 3.05) is 18.5 Å². The van der Waals surface area contributed by atoms with Gasteiger partial charge in [0.2, 0.25) is 5.28 Å². The van der Waals surface area contributed by atoms with Crippen LogP contribution < -0.4 is 5.32 Å². The second-order valence-corrected chi connectivity index (χ2v) is 3.71. The van der Waals surface area contributed by atoms with Gasteiger partial charge in [0, 0.05) is 24.9 Å². The summed E-state index contributed by atoms with van der Waals surface area (Å²) in [6.07, 6.45) is 2.88. The average molecular weight is 230 g/mol. The molecule has 0 bridgehead atoms. The van der Waals surface area contributed by atoms with E-state index in [2.05, 4.69) is 15.3 Å². The molecule has 1 aromatic rings. The first-order valence-corrected chi connectivity index (χ1v) is 5.46. The molecular weight excluding hydrogens is 214 g/mol. The Morgan fingerprint density at radius 2 is 2.13 bits per heavy atom. The number of aryl methyl sites for hydroxylation is 1. The van der Waals surface area contributed by atoms with Crippen molar-refractivity contribution in [2.45, 2.75) is 26.2 Å². The summed E-state index contributed by atoms with van der Waals surface area (Å²) in [7, 11) is 0. The summed E-state index contributed by atoms with van der Waals surface area (Å²) in [6.45, 7) is 2.98. The predicted octanol–water partition coefficient (Wildman–Crippen LogP) is 2.01. The number of hydrogen-bond donors (Lipinski definition) is 2. The zero-order chi connectivity index (χ0) is 11.1. The first kappa shape index (κ1) is 12.2. The lowest BCUT2D eigenvalue weighted by Gasteiger charge is -2.05. The van der Waals surface area contributed by atoms with Crippen LogP contribution >= 0.6 is 11.6 Å². The summed E-state index contributed by atoms with van der Waals surface area (Å²) in [5.74, 6) is 0.761. The lowest BCUT2D eigenvalue weighted by Crippen LogP contribution is -2.04. The molecule has 84 valence electrons. The first-order valence-electron chi connectivity index (χ1n) is 5.08. The van der Waals surface area contributed by atoms with Crippen molar-refractivity contribution in [3.8, 4) is 0 Å². The maximum Gasteiger partial charge on any atom is 0.224 e. The number of anilines is 1. The third-order valence-electron chi connectivity index (χ3n) is 1.97. The Morgan fingerprint density at radius 3 is 2.80 bits per heavy atom. The Labute approximate surface area is 94.7 Å². The van der Waals surface area contributed by atoms with Crippen LogP contribution in [0.15, 0.2) is 6.07 Å². The fourth-order valence-electron chi connectivity index (χ4n) is 1.25. The molecule has 0 fully saturated rings. The van der Waals surface area contributed by atoms with Gasteiger partial charge in [-0.05, 0) is 37.8 Å². The van der Waals surface area contributed by atoms with Crippen LogP contribution in [-0.4, -0.2) is 28.2 Å². The zero-order valence-electron chi connectivity index (χ0n) is 8.83. The maximum absolute atomic E-state index is 8.60. The highest BCUT2D eigenvalue weighted by molar-refractivity contribution is 6.28. The van der Waals surface area contributed by atoms with E-state index in [1.807, 2.05) is 13.0 Å². The molecule has 0 spiro atoms. The van der Waals surface area contributed by atoms with Gasteiger partial charge in [0.15, 0.2) is 0 Å². The highest BCUT2D eigenvalue weighted by atomic mass is 35.5. The molecule has 0 aliphatic rings. The number of unbranched alkanes of at least 4 members (excludes halogenated alkanes) is 2. The van der Waals surface area contributed by atoms with E-state index in [9.17, 15) is 0 Å². The smallest absolute Gasteiger partial charge is 0.224 e. The minimum absolute atomic E-state index is 0.262. The van der Waals surface area contributed by atoms with Crippen LogP contribution in [0.4, 0.5) is 5.82 Å². The standard InChI is InChI=1S/C10H16ClN3O/c1-8-7-9(14-10(11)13-8)12-5-3-2-4-6-15/h7,15H,2-6H2,1H3,(H,12,13,14). The lowest BCUT2D eigenvalue weighted by molar-refractivity contribution is 0.283. The molecule has 1 aromatic heterocycles. The van der Waals surface area contributed by atoms with Gasteiger partial charge >= 0.3 is 0 Å². The molecule has 1 heterocycles. The van der Waals surface area contributed by atoms with Crippen LogP contribution in [0.25, 0.3) is 0 Å². The van der Waals surface area contributed by atoms with Crippen LogP contribution in [0.1, 0.15) is 25.0 Å². The molecule has 0 atom stereocenters. The molecule has 0 radical (unpaired) electrons. The molecular formula is C10H16ClN3O. The van der Waals surface area contributed by atoms with Crippen molar-refractivity contribution in [1.82, 2.24) is 9.97 Å². The van der Waals surface area contributed by atoms with Gasteiger partial charge in [-0.1, -0.05) is 0 Å². The fraction of sp³-hybridized carbons (Fsp3) is 0.600. The Bertz CT molecular complexity index is 286. The molecule has 1 rings (SSSR count). The molecule has 4 nitrogen and oxygen atoms in total. The van der Waals surface area contributed by atoms with Gasteiger partial charge in [-0.2, -0.15) is 0 Å². The average Bonchev–Trinajstić information content (AvgIpc) is 2.16. The summed E-state index contributed by atoms with van der Waals surface area (Å²) in [5.41, 5.74) is 0.854. The van der Waals surface area contributed by atoms with Gasteiger partial charge in [0.05, 0.1) is 0 Å². The van der Waals surface area contributed by atoms with Crippen molar-refractivity contribution in [2.24, 2.45) is 0 Å². The molecule has 0 saturated heterocycles. The van der Waals surface area contributed by atoms with E-state index >= 15 is 0 Å². The lowest BCUT2D eigenvalue weighted by atomic mass is 10.2. The Hall–Kier alpha value is -0.870. The number of rotatable bonds is 6. The molecule has 0 aliphatic heterocycles. The van der Waals surface area contributed by atoms with Crippen LogP contribution in [0, 0.1) is 6.92 Å². The van der Waals surface area contributed by atoms with Crippen molar-refractivity contribution < 1.29 is 5.11 Å². The Balaban J connectivity index is 2.31. The minimum Gasteiger partial charge on any atom is -0.396 e. The van der Waals surface area contributed by atoms with Crippen molar-refractivity contribution in [3.63, 3.8) is 0 Å². The summed E-state index contributed by atoms with van der Waals surface area (Å²) in [5, 5.41) is 12.0. The minimum atomic E-state index is 0.262. The molecule has 0 amide bonds. The molecule has 5 heteroatoms. The van der Waals surface area contributed by atoms with E-state index in [0.29, 0.717) is 0 Å². The molecule has 2 N–H and O–H groups in total. The van der Waals surface area contributed by atoms with Gasteiger partial charge in [-0.15, -0.1) is 0 Å². The van der Waals surface area contributed by atoms with Gasteiger partial charge in [0.25, 0.3) is 0 Å². The van der Waals surface area contributed by atoms with E-state index in [1.165, 1.54) is 0 Å². The summed E-state index contributed by atoms with van der Waals surface area (Å²) >= 11 is 5.72. The Morgan fingerprint density at radius 1 is 1.33 bits per heavy atom. The number of nitrogens with one attached hydrogen (secondary N) is 1. The molecule has 0 saturated carbocycles. The molecule has 15 heavy (non-hydrogen) atoms. The zero-order valence-corrected chi connectivity index (χ0v) is 9.59. The number of aliphatic hydroxyl groups excluding tert-OH is 1. The van der Waals surface area contributed by atoms with E-state index in [-0.39, 0.29) is 11.9 Å². The fourth-order valence-corrected chi connectivity index (χ4v) is 1.48. The summed E-state index contributed by atoms with van der Waals surface area (Å²) < 4.78 is 0. The quantitative estimate of drug-likeness (QED) is 0.579. The Kier molecular flexibility index (Phi) is 5.36. The van der Waals surface area contributed by atoms with Crippen molar-refractivity contribution in [1.29, 1.82) is 0 Å². The van der Waals surface area contributed by atoms with Crippen LogP contribution in [0.2, 0.25) is 5.28 Å². The highest BCUT2D eigenvalue weighted by Crippen LogP contribution is 2.09. The van der Waals surface area contributed by atoms with Crippen LogP contribution in [0.3, 0.4) is 0 Å². The van der Waals surface area contributed by atoms with Gasteiger partial charge < -0.3 is 10.4 Å². The first-order chi connectivity index (χ1) is 7.22. The maximum atomic E-state index is 8.60. The second-order valence-electron chi connectivity index (χ2n) is 3.37. The van der Waals surface area contributed by atoms with E-state index in [1.54, 1.807) is 0 Å². The van der Waals surface area contributed by atoms with Gasteiger partial charge in [0.1, 0.15) is 5.82 Å². The van der Waals surface area contributed by atoms with Crippen molar-refractivity contribution in [3.05, 3.63) is 17.0 Å². The van der Waals surface area contributed by atoms with Gasteiger partial charge in [-0.3, -0.25) is 0 Å². The molecule has 0 unspecified atom stereocenters. The molecule has 0 aliphatic carbocycles. The largest absolute Gasteiger partial charge is 0.396 e. The number of hydrogen-bond acceptors (Lipinski definition) is 4. The third kappa shape index (κ3) is 4.95. The highest BCUT2D eigenvalue weighted by Gasteiger charge is 1.98. The van der Waals surface area contributed by atoms with Crippen molar-refractivity contribution >= 4 is 17.4 Å². The normalized spacial score (nSPS) is 10.3. The number of aromatic nitrogens is 2. The van der Waals surface area contributed by atoms with E-state index < -0.39 is 0 Å². The van der Waals surface area contributed by atoms with E-state index in [0.717, 1.165) is 37.3 Å². The van der Waals surface area contributed by atoms with Crippen LogP contribution in [0.5, 0.6) is 0 Å². The monoisotopic (exact) mass is 229 g/mol. The second kappa shape index (κ2) is 6.58. The SMILES string of the molecule is Cc1cc(NCCCCCO)nc(Cl)n1. The molecule has 0 aromatic carbocycles. The number of aliphatic hydroxyl groups is 1.